The Morgan fingerprint density at radius 2 is 2.26 bits per heavy atom. The highest BCUT2D eigenvalue weighted by Crippen LogP contribution is 2.33. The summed E-state index contributed by atoms with van der Waals surface area (Å²) in [7, 11) is 0. The second-order valence-electron chi connectivity index (χ2n) is 5.21. The number of carbonyl (C=O) groups is 1. The number of hydrogen-bond donors (Lipinski definition) is 1. The minimum absolute atomic E-state index is 0.0881. The van der Waals surface area contributed by atoms with Crippen molar-refractivity contribution in [2.45, 2.75) is 39.2 Å². The molecular weight excluding hydrogens is 306 g/mol. The molecule has 0 aliphatic carbocycles. The van der Waals surface area contributed by atoms with Crippen molar-refractivity contribution in [2.24, 2.45) is 11.7 Å². The molecule has 19 heavy (non-hydrogen) atoms. The highest BCUT2D eigenvalue weighted by molar-refractivity contribution is 9.10. The monoisotopic (exact) mass is 325 g/mol. The van der Waals surface area contributed by atoms with E-state index >= 15 is 0 Å². The van der Waals surface area contributed by atoms with Gasteiger partial charge in [0.15, 0.2) is 5.78 Å². The van der Waals surface area contributed by atoms with Crippen LogP contribution in [0.4, 0.5) is 0 Å². The Labute approximate surface area is 122 Å². The number of fused-ring (bicyclic) bond motifs is 1. The van der Waals surface area contributed by atoms with Gasteiger partial charge in [0.2, 0.25) is 0 Å². The van der Waals surface area contributed by atoms with Crippen LogP contribution in [0.25, 0.3) is 0 Å². The van der Waals surface area contributed by atoms with E-state index < -0.39 is 0 Å². The van der Waals surface area contributed by atoms with E-state index in [0.29, 0.717) is 13.0 Å². The first-order valence-electron chi connectivity index (χ1n) is 6.75. The van der Waals surface area contributed by atoms with Crippen LogP contribution in [0.2, 0.25) is 0 Å². The van der Waals surface area contributed by atoms with Crippen molar-refractivity contribution in [3.05, 3.63) is 27.7 Å². The molecule has 1 heterocycles. The zero-order valence-electron chi connectivity index (χ0n) is 11.4. The quantitative estimate of drug-likeness (QED) is 0.905. The SMILES string of the molecule is CCC(C)C(N)C(=O)Cc1cc(Br)cc2c1OCC2. The Morgan fingerprint density at radius 3 is 2.95 bits per heavy atom. The number of halogens is 1. The van der Waals surface area contributed by atoms with E-state index in [1.807, 2.05) is 13.0 Å². The van der Waals surface area contributed by atoms with Crippen molar-refractivity contribution in [2.75, 3.05) is 6.61 Å². The van der Waals surface area contributed by atoms with Crippen molar-refractivity contribution in [3.8, 4) is 5.75 Å². The molecule has 2 atom stereocenters. The summed E-state index contributed by atoms with van der Waals surface area (Å²) >= 11 is 3.49. The van der Waals surface area contributed by atoms with Crippen molar-refractivity contribution in [1.29, 1.82) is 0 Å². The summed E-state index contributed by atoms with van der Waals surface area (Å²) in [6, 6.07) is 3.64. The van der Waals surface area contributed by atoms with Gasteiger partial charge in [-0.1, -0.05) is 36.2 Å². The first kappa shape index (κ1) is 14.5. The molecule has 0 saturated heterocycles. The van der Waals surface area contributed by atoms with E-state index in [9.17, 15) is 4.79 Å². The molecule has 104 valence electrons. The Hall–Kier alpha value is -0.870. The first-order valence-corrected chi connectivity index (χ1v) is 7.54. The molecule has 0 saturated carbocycles. The molecule has 0 radical (unpaired) electrons. The minimum atomic E-state index is -0.388. The predicted octanol–water partition coefficient (Wildman–Crippen LogP) is 2.87. The predicted molar refractivity (Wildman–Crippen MR) is 79.5 cm³/mol. The lowest BCUT2D eigenvalue weighted by molar-refractivity contribution is -0.120. The number of rotatable bonds is 5. The highest BCUT2D eigenvalue weighted by Gasteiger charge is 2.23. The van der Waals surface area contributed by atoms with E-state index in [-0.39, 0.29) is 17.7 Å². The molecule has 1 aromatic rings. The lowest BCUT2D eigenvalue weighted by Gasteiger charge is -2.17. The molecular formula is C15H20BrNO2. The van der Waals surface area contributed by atoms with Gasteiger partial charge in [0.1, 0.15) is 5.75 Å². The van der Waals surface area contributed by atoms with Crippen molar-refractivity contribution < 1.29 is 9.53 Å². The van der Waals surface area contributed by atoms with E-state index in [1.165, 1.54) is 5.56 Å². The van der Waals surface area contributed by atoms with Crippen molar-refractivity contribution >= 4 is 21.7 Å². The van der Waals surface area contributed by atoms with Gasteiger partial charge in [-0.25, -0.2) is 0 Å². The van der Waals surface area contributed by atoms with Crippen LogP contribution in [0, 0.1) is 5.92 Å². The summed E-state index contributed by atoms with van der Waals surface area (Å²) in [5, 5.41) is 0. The molecule has 3 nitrogen and oxygen atoms in total. The third-order valence-corrected chi connectivity index (χ3v) is 4.28. The van der Waals surface area contributed by atoms with Gasteiger partial charge >= 0.3 is 0 Å². The van der Waals surface area contributed by atoms with Gasteiger partial charge in [-0.2, -0.15) is 0 Å². The molecule has 0 amide bonds. The number of ketones is 1. The van der Waals surface area contributed by atoms with Gasteiger partial charge < -0.3 is 10.5 Å². The van der Waals surface area contributed by atoms with Crippen LogP contribution in [-0.2, 0) is 17.6 Å². The number of ether oxygens (including phenoxy) is 1. The molecule has 0 spiro atoms. The lowest BCUT2D eigenvalue weighted by Crippen LogP contribution is -2.37. The van der Waals surface area contributed by atoms with E-state index in [2.05, 4.69) is 28.9 Å². The molecule has 1 aliphatic heterocycles. The molecule has 0 bridgehead atoms. The third-order valence-electron chi connectivity index (χ3n) is 3.82. The van der Waals surface area contributed by atoms with Crippen molar-refractivity contribution in [1.82, 2.24) is 0 Å². The van der Waals surface area contributed by atoms with Gasteiger partial charge in [-0.05, 0) is 23.6 Å². The van der Waals surface area contributed by atoms with Gasteiger partial charge in [0.05, 0.1) is 12.6 Å². The number of Topliss-reactive ketones (excluding diaryl/α,β-unsaturated/α-hetero) is 1. The summed E-state index contributed by atoms with van der Waals surface area (Å²) in [5.41, 5.74) is 8.13. The molecule has 2 N–H and O–H groups in total. The second kappa shape index (κ2) is 6.06. The van der Waals surface area contributed by atoms with Gasteiger partial charge in [-0.3, -0.25) is 4.79 Å². The van der Waals surface area contributed by atoms with Gasteiger partial charge in [0, 0.05) is 22.9 Å². The van der Waals surface area contributed by atoms with Crippen molar-refractivity contribution in [3.63, 3.8) is 0 Å². The Morgan fingerprint density at radius 1 is 1.53 bits per heavy atom. The Kier molecular flexibility index (Phi) is 4.63. The molecule has 1 aromatic carbocycles. The summed E-state index contributed by atoms with van der Waals surface area (Å²) in [5.74, 6) is 1.19. The van der Waals surface area contributed by atoms with Crippen LogP contribution in [0.5, 0.6) is 5.75 Å². The first-order chi connectivity index (χ1) is 9.02. The maximum Gasteiger partial charge on any atom is 0.154 e. The highest BCUT2D eigenvalue weighted by atomic mass is 79.9. The Balaban J connectivity index is 2.18. The molecule has 0 fully saturated rings. The zero-order valence-corrected chi connectivity index (χ0v) is 13.0. The number of nitrogens with two attached hydrogens (primary N) is 1. The smallest absolute Gasteiger partial charge is 0.154 e. The van der Waals surface area contributed by atoms with Crippen LogP contribution in [0.3, 0.4) is 0 Å². The van der Waals surface area contributed by atoms with E-state index in [4.69, 9.17) is 10.5 Å². The number of hydrogen-bond acceptors (Lipinski definition) is 3. The van der Waals surface area contributed by atoms with Crippen LogP contribution in [0.1, 0.15) is 31.4 Å². The summed E-state index contributed by atoms with van der Waals surface area (Å²) in [6.45, 7) is 4.77. The lowest BCUT2D eigenvalue weighted by atomic mass is 9.92. The summed E-state index contributed by atoms with van der Waals surface area (Å²) < 4.78 is 6.64. The van der Waals surface area contributed by atoms with Gasteiger partial charge in [0.25, 0.3) is 0 Å². The maximum absolute atomic E-state index is 12.2. The standard InChI is InChI=1S/C15H20BrNO2/c1-3-9(2)14(17)13(18)8-11-7-12(16)6-10-4-5-19-15(10)11/h6-7,9,14H,3-5,8,17H2,1-2H3. The fourth-order valence-electron chi connectivity index (χ4n) is 2.35. The second-order valence-corrected chi connectivity index (χ2v) is 6.12. The van der Waals surface area contributed by atoms with Gasteiger partial charge in [-0.15, -0.1) is 0 Å². The molecule has 4 heteroatoms. The molecule has 0 aromatic heterocycles. The van der Waals surface area contributed by atoms with Crippen LogP contribution < -0.4 is 10.5 Å². The third kappa shape index (κ3) is 3.18. The molecule has 1 aliphatic rings. The minimum Gasteiger partial charge on any atom is -0.493 e. The molecule has 2 rings (SSSR count). The average Bonchev–Trinajstić information content (AvgIpc) is 2.84. The van der Waals surface area contributed by atoms with E-state index in [0.717, 1.165) is 28.6 Å². The largest absolute Gasteiger partial charge is 0.493 e. The zero-order chi connectivity index (χ0) is 14.0. The summed E-state index contributed by atoms with van der Waals surface area (Å²) in [6.07, 6.45) is 2.18. The fourth-order valence-corrected chi connectivity index (χ4v) is 2.91. The van der Waals surface area contributed by atoms with Crippen LogP contribution >= 0.6 is 15.9 Å². The average molecular weight is 326 g/mol. The fraction of sp³-hybridized carbons (Fsp3) is 0.533. The Bertz CT molecular complexity index is 487. The van der Waals surface area contributed by atoms with Crippen LogP contribution in [0.15, 0.2) is 16.6 Å². The topological polar surface area (TPSA) is 52.3 Å². The normalized spacial score (nSPS) is 16.6. The van der Waals surface area contributed by atoms with Crippen LogP contribution in [-0.4, -0.2) is 18.4 Å². The number of benzene rings is 1. The maximum atomic E-state index is 12.2. The molecule has 2 unspecified atom stereocenters. The number of carbonyl (C=O) groups excluding carboxylic acids is 1. The van der Waals surface area contributed by atoms with E-state index in [1.54, 1.807) is 0 Å². The summed E-state index contributed by atoms with van der Waals surface area (Å²) in [4.78, 5) is 12.2.